The normalized spacial score (nSPS) is 46.0. The van der Waals surface area contributed by atoms with Crippen molar-refractivity contribution in [2.45, 2.75) is 110 Å². The largest absolute Gasteiger partial charge is 0.481 e. The van der Waals surface area contributed by atoms with Gasteiger partial charge in [0.25, 0.3) is 0 Å². The molecule has 3 aliphatic rings. The lowest BCUT2D eigenvalue weighted by Crippen LogP contribution is -2.49. The molecule has 29 heavy (non-hydrogen) atoms. The second kappa shape index (κ2) is 9.68. The van der Waals surface area contributed by atoms with Crippen LogP contribution in [0.4, 0.5) is 0 Å². The van der Waals surface area contributed by atoms with Crippen LogP contribution < -0.4 is 0 Å². The van der Waals surface area contributed by atoms with Crippen LogP contribution in [0.25, 0.3) is 0 Å². The van der Waals surface area contributed by atoms with Crippen molar-refractivity contribution >= 4 is 5.97 Å². The number of rotatable bonds is 5. The highest BCUT2D eigenvalue weighted by atomic mass is 16.4. The summed E-state index contributed by atoms with van der Waals surface area (Å²) in [5, 5.41) is 31.1. The quantitative estimate of drug-likeness (QED) is 0.580. The summed E-state index contributed by atoms with van der Waals surface area (Å²) in [6, 6.07) is 0. The van der Waals surface area contributed by atoms with Gasteiger partial charge in [0.2, 0.25) is 0 Å². The van der Waals surface area contributed by atoms with E-state index in [0.717, 1.165) is 44.9 Å². The van der Waals surface area contributed by atoms with Gasteiger partial charge in [-0.1, -0.05) is 33.6 Å². The summed E-state index contributed by atoms with van der Waals surface area (Å²) in [4.78, 5) is 11.0. The van der Waals surface area contributed by atoms with Gasteiger partial charge in [-0.05, 0) is 98.7 Å². The fraction of sp³-hybridized carbons (Fsp3) is 0.960. The Morgan fingerprint density at radius 1 is 1.10 bits per heavy atom. The number of carboxylic acid groups (broad SMARTS) is 1. The first-order valence-electron chi connectivity index (χ1n) is 12.4. The molecule has 0 spiro atoms. The zero-order valence-electron chi connectivity index (χ0n) is 18.9. The summed E-state index contributed by atoms with van der Waals surface area (Å²) in [6.45, 7) is 6.87. The number of carbonyl (C=O) groups is 1. The van der Waals surface area contributed by atoms with Crippen molar-refractivity contribution in [3.63, 3.8) is 0 Å². The summed E-state index contributed by atoms with van der Waals surface area (Å²) >= 11 is 0. The molecule has 0 bridgehead atoms. The van der Waals surface area contributed by atoms with Gasteiger partial charge in [-0.15, -0.1) is 0 Å². The molecule has 4 heteroatoms. The van der Waals surface area contributed by atoms with Crippen molar-refractivity contribution in [2.75, 3.05) is 0 Å². The third kappa shape index (κ3) is 4.84. The van der Waals surface area contributed by atoms with Crippen molar-refractivity contribution in [1.29, 1.82) is 0 Å². The van der Waals surface area contributed by atoms with Crippen LogP contribution in [0.3, 0.4) is 0 Å². The molecule has 0 aliphatic heterocycles. The third-order valence-corrected chi connectivity index (χ3v) is 9.40. The van der Waals surface area contributed by atoms with E-state index < -0.39 is 5.97 Å². The van der Waals surface area contributed by atoms with Crippen molar-refractivity contribution < 1.29 is 20.1 Å². The minimum absolute atomic E-state index is 0.221. The van der Waals surface area contributed by atoms with Crippen LogP contribution in [0.5, 0.6) is 0 Å². The Labute approximate surface area is 177 Å². The maximum absolute atomic E-state index is 11.7. The average molecular weight is 409 g/mol. The summed E-state index contributed by atoms with van der Waals surface area (Å²) in [7, 11) is 0. The number of aliphatic hydroxyl groups is 2. The second-order valence-electron chi connectivity index (χ2n) is 10.9. The van der Waals surface area contributed by atoms with Gasteiger partial charge in [-0.2, -0.15) is 0 Å². The number of fused-ring (bicyclic) bond motifs is 3. The average Bonchev–Trinajstić information content (AvgIpc) is 2.98. The third-order valence-electron chi connectivity index (χ3n) is 9.40. The molecule has 9 atom stereocenters. The minimum Gasteiger partial charge on any atom is -0.481 e. The van der Waals surface area contributed by atoms with Crippen LogP contribution in [0.15, 0.2) is 0 Å². The molecule has 0 aromatic rings. The molecule has 0 amide bonds. The monoisotopic (exact) mass is 408 g/mol. The molecule has 0 radical (unpaired) electrons. The van der Waals surface area contributed by atoms with E-state index in [-0.39, 0.29) is 30.0 Å². The van der Waals surface area contributed by atoms with Crippen molar-refractivity contribution in [3.8, 4) is 0 Å². The molecular weight excluding hydrogens is 364 g/mol. The molecular formula is C25H44O4. The van der Waals surface area contributed by atoms with Crippen LogP contribution in [0.1, 0.15) is 97.8 Å². The SMILES string of the molecule is CC[C@@H]1C(C)C[C@H](O)CCC[C@H]2CCC3(C)C(CC[C@@H]3CCCC(=O)O)C2[C@@H]1O. The molecule has 0 aromatic heterocycles. The number of carboxylic acids is 1. The number of aliphatic hydroxyl groups excluding tert-OH is 2. The Bertz CT molecular complexity index is 549. The van der Waals surface area contributed by atoms with Gasteiger partial charge >= 0.3 is 5.97 Å². The first-order valence-corrected chi connectivity index (χ1v) is 12.4. The van der Waals surface area contributed by atoms with E-state index in [9.17, 15) is 15.0 Å². The fourth-order valence-electron chi connectivity index (χ4n) is 7.81. The van der Waals surface area contributed by atoms with Gasteiger partial charge in [-0.3, -0.25) is 4.79 Å². The van der Waals surface area contributed by atoms with Crippen LogP contribution in [0, 0.1) is 40.9 Å². The van der Waals surface area contributed by atoms with Gasteiger partial charge in [0, 0.05) is 6.42 Å². The van der Waals surface area contributed by atoms with Gasteiger partial charge < -0.3 is 15.3 Å². The van der Waals surface area contributed by atoms with Crippen LogP contribution in [-0.4, -0.2) is 33.5 Å². The van der Waals surface area contributed by atoms with Gasteiger partial charge in [-0.25, -0.2) is 0 Å². The molecule has 0 saturated heterocycles. The predicted octanol–water partition coefficient (Wildman–Crippen LogP) is 5.26. The molecule has 3 saturated carbocycles. The lowest BCUT2D eigenvalue weighted by Gasteiger charge is -2.52. The maximum Gasteiger partial charge on any atom is 0.303 e. The van der Waals surface area contributed by atoms with Crippen molar-refractivity contribution in [2.24, 2.45) is 40.9 Å². The van der Waals surface area contributed by atoms with E-state index in [2.05, 4.69) is 20.8 Å². The first-order chi connectivity index (χ1) is 13.8. The molecule has 4 unspecified atom stereocenters. The predicted molar refractivity (Wildman–Crippen MR) is 115 cm³/mol. The van der Waals surface area contributed by atoms with Gasteiger partial charge in [0.05, 0.1) is 12.2 Å². The number of aliphatic carboxylic acids is 1. The second-order valence-corrected chi connectivity index (χ2v) is 10.9. The summed E-state index contributed by atoms with van der Waals surface area (Å²) < 4.78 is 0. The topological polar surface area (TPSA) is 77.8 Å². The van der Waals surface area contributed by atoms with Gasteiger partial charge in [0.15, 0.2) is 0 Å². The highest BCUT2D eigenvalue weighted by molar-refractivity contribution is 5.66. The molecule has 3 fully saturated rings. The van der Waals surface area contributed by atoms with E-state index in [1.807, 2.05) is 0 Å². The zero-order chi connectivity index (χ0) is 21.2. The molecule has 168 valence electrons. The molecule has 3 rings (SSSR count). The highest BCUT2D eigenvalue weighted by Gasteiger charge is 2.55. The Hall–Kier alpha value is -0.610. The standard InChI is InChI=1S/C25H44O4/c1-4-20-16(2)15-19(26)9-5-7-17-13-14-25(3)18(8-6-10-22(27)28)11-12-21(25)23(17)24(20)29/h16-21,23-24,26,29H,4-15H2,1-3H3,(H,27,28)/t16?,17-,18-,19+,20+,21?,23?,24+,25?/m0/s1. The molecule has 4 nitrogen and oxygen atoms in total. The molecule has 0 aromatic carbocycles. The van der Waals surface area contributed by atoms with Crippen LogP contribution >= 0.6 is 0 Å². The minimum atomic E-state index is -0.682. The summed E-state index contributed by atoms with van der Waals surface area (Å²) in [5.74, 6) is 2.06. The summed E-state index contributed by atoms with van der Waals surface area (Å²) in [6.07, 6.45) is 11.3. The molecule has 3 aliphatic carbocycles. The first kappa shape index (κ1) is 23.1. The van der Waals surface area contributed by atoms with Crippen LogP contribution in [0.2, 0.25) is 0 Å². The molecule has 0 heterocycles. The zero-order valence-corrected chi connectivity index (χ0v) is 18.9. The molecule has 3 N–H and O–H groups in total. The van der Waals surface area contributed by atoms with Crippen molar-refractivity contribution in [3.05, 3.63) is 0 Å². The number of hydrogen-bond donors (Lipinski definition) is 3. The van der Waals surface area contributed by atoms with Crippen LogP contribution in [-0.2, 0) is 4.79 Å². The van der Waals surface area contributed by atoms with E-state index in [0.29, 0.717) is 29.6 Å². The van der Waals surface area contributed by atoms with Gasteiger partial charge in [0.1, 0.15) is 0 Å². The smallest absolute Gasteiger partial charge is 0.303 e. The number of hydrogen-bond acceptors (Lipinski definition) is 3. The maximum atomic E-state index is 11.7. The highest BCUT2D eigenvalue weighted by Crippen LogP contribution is 2.62. The Morgan fingerprint density at radius 3 is 2.55 bits per heavy atom. The Balaban J connectivity index is 1.80. The Kier molecular flexibility index (Phi) is 7.70. The summed E-state index contributed by atoms with van der Waals surface area (Å²) in [5.41, 5.74) is 0.256. The van der Waals surface area contributed by atoms with E-state index in [1.165, 1.54) is 25.7 Å². The lowest BCUT2D eigenvalue weighted by molar-refractivity contribution is -0.137. The van der Waals surface area contributed by atoms with E-state index in [4.69, 9.17) is 5.11 Å². The lowest BCUT2D eigenvalue weighted by atomic mass is 9.54. The fourth-order valence-corrected chi connectivity index (χ4v) is 7.81. The van der Waals surface area contributed by atoms with E-state index in [1.54, 1.807) is 0 Å². The van der Waals surface area contributed by atoms with Crippen molar-refractivity contribution in [1.82, 2.24) is 0 Å². The van der Waals surface area contributed by atoms with E-state index >= 15 is 0 Å². The Morgan fingerprint density at radius 2 is 1.86 bits per heavy atom.